The molecule has 0 aliphatic heterocycles. The van der Waals surface area contributed by atoms with Gasteiger partial charge in [-0.05, 0) is 67.3 Å². The topological polar surface area (TPSA) is 47.6 Å². The van der Waals surface area contributed by atoms with E-state index in [4.69, 9.17) is 9.47 Å². The van der Waals surface area contributed by atoms with Crippen LogP contribution in [0.25, 0.3) is 0 Å². The quantitative estimate of drug-likeness (QED) is 0.573. The third-order valence-electron chi connectivity index (χ3n) is 5.22. The number of carbonyl (C=O) groups excluding carboxylic acids is 1. The normalized spacial score (nSPS) is 14.5. The van der Waals surface area contributed by atoms with Crippen molar-refractivity contribution < 1.29 is 14.3 Å². The maximum atomic E-state index is 12.4. The van der Waals surface area contributed by atoms with Crippen molar-refractivity contribution in [3.05, 3.63) is 54.1 Å². The van der Waals surface area contributed by atoms with Crippen LogP contribution in [0.15, 0.2) is 48.5 Å². The van der Waals surface area contributed by atoms with Crippen molar-refractivity contribution >= 4 is 11.6 Å². The van der Waals surface area contributed by atoms with Gasteiger partial charge in [0, 0.05) is 11.3 Å². The maximum Gasteiger partial charge on any atom is 0.255 e. The maximum absolute atomic E-state index is 12.4. The Hall–Kier alpha value is -2.49. The van der Waals surface area contributed by atoms with E-state index in [0.717, 1.165) is 42.6 Å². The standard InChI is InChI=1S/C24H31NO3/c1-2-17-27-22-12-8-20(9-13-22)24(26)25-21-10-14-23(15-11-21)28-18-16-19-6-4-3-5-7-19/h8-15,19H,2-7,16-18H2,1H3,(H,25,26). The summed E-state index contributed by atoms with van der Waals surface area (Å²) in [5.74, 6) is 2.33. The number of hydrogen-bond donors (Lipinski definition) is 1. The molecule has 1 N–H and O–H groups in total. The molecule has 1 saturated carbocycles. The fraction of sp³-hybridized carbons (Fsp3) is 0.458. The second-order valence-corrected chi connectivity index (χ2v) is 7.49. The largest absolute Gasteiger partial charge is 0.494 e. The van der Waals surface area contributed by atoms with Crippen molar-refractivity contribution in [2.24, 2.45) is 5.92 Å². The van der Waals surface area contributed by atoms with Gasteiger partial charge in [-0.25, -0.2) is 0 Å². The molecule has 1 aliphatic rings. The summed E-state index contributed by atoms with van der Waals surface area (Å²) in [5.41, 5.74) is 1.37. The first-order valence-corrected chi connectivity index (χ1v) is 10.5. The highest BCUT2D eigenvalue weighted by Crippen LogP contribution is 2.26. The van der Waals surface area contributed by atoms with Gasteiger partial charge in [-0.1, -0.05) is 39.0 Å². The predicted molar refractivity (Wildman–Crippen MR) is 113 cm³/mol. The van der Waals surface area contributed by atoms with Gasteiger partial charge in [-0.15, -0.1) is 0 Å². The molecule has 4 heteroatoms. The van der Waals surface area contributed by atoms with Crippen molar-refractivity contribution in [3.8, 4) is 11.5 Å². The summed E-state index contributed by atoms with van der Waals surface area (Å²) in [6.45, 7) is 3.51. The Morgan fingerprint density at radius 1 is 0.893 bits per heavy atom. The Morgan fingerprint density at radius 2 is 1.50 bits per heavy atom. The number of rotatable bonds is 9. The van der Waals surface area contributed by atoms with E-state index in [1.54, 1.807) is 12.1 Å². The summed E-state index contributed by atoms with van der Waals surface area (Å²) in [6.07, 6.45) is 8.92. The molecule has 0 saturated heterocycles. The molecule has 4 nitrogen and oxygen atoms in total. The summed E-state index contributed by atoms with van der Waals surface area (Å²) >= 11 is 0. The van der Waals surface area contributed by atoms with Crippen molar-refractivity contribution in [2.45, 2.75) is 51.9 Å². The van der Waals surface area contributed by atoms with Crippen molar-refractivity contribution in [1.29, 1.82) is 0 Å². The van der Waals surface area contributed by atoms with Crippen molar-refractivity contribution in [1.82, 2.24) is 0 Å². The van der Waals surface area contributed by atoms with E-state index in [0.29, 0.717) is 12.2 Å². The Labute approximate surface area is 168 Å². The van der Waals surface area contributed by atoms with Gasteiger partial charge in [0.25, 0.3) is 5.91 Å². The molecular formula is C24H31NO3. The summed E-state index contributed by atoms with van der Waals surface area (Å²) in [5, 5.41) is 2.92. The minimum Gasteiger partial charge on any atom is -0.494 e. The molecule has 2 aromatic rings. The summed E-state index contributed by atoms with van der Waals surface area (Å²) in [4.78, 5) is 12.4. The van der Waals surface area contributed by atoms with E-state index in [9.17, 15) is 4.79 Å². The van der Waals surface area contributed by atoms with Crippen LogP contribution in [0.2, 0.25) is 0 Å². The lowest BCUT2D eigenvalue weighted by atomic mass is 9.87. The van der Waals surface area contributed by atoms with Gasteiger partial charge in [0.15, 0.2) is 0 Å². The van der Waals surface area contributed by atoms with E-state index in [1.807, 2.05) is 36.4 Å². The fourth-order valence-corrected chi connectivity index (χ4v) is 3.58. The number of amides is 1. The van der Waals surface area contributed by atoms with E-state index >= 15 is 0 Å². The molecule has 0 bridgehead atoms. The Morgan fingerprint density at radius 3 is 2.14 bits per heavy atom. The predicted octanol–water partition coefficient (Wildman–Crippen LogP) is 6.08. The molecule has 1 aliphatic carbocycles. The number of hydrogen-bond acceptors (Lipinski definition) is 3. The van der Waals surface area contributed by atoms with Crippen molar-refractivity contribution in [3.63, 3.8) is 0 Å². The molecule has 0 aromatic heterocycles. The molecular weight excluding hydrogens is 350 g/mol. The van der Waals surface area contributed by atoms with Crippen LogP contribution in [-0.2, 0) is 0 Å². The number of nitrogens with one attached hydrogen (secondary N) is 1. The van der Waals surface area contributed by atoms with Gasteiger partial charge in [-0.3, -0.25) is 4.79 Å². The first-order valence-electron chi connectivity index (χ1n) is 10.5. The lowest BCUT2D eigenvalue weighted by Gasteiger charge is -2.21. The van der Waals surface area contributed by atoms with E-state index in [-0.39, 0.29) is 5.91 Å². The van der Waals surface area contributed by atoms with Crippen LogP contribution in [0.3, 0.4) is 0 Å². The minimum atomic E-state index is -0.131. The number of carbonyl (C=O) groups is 1. The molecule has 1 fully saturated rings. The lowest BCUT2D eigenvalue weighted by Crippen LogP contribution is -2.12. The first-order chi connectivity index (χ1) is 13.7. The molecule has 0 radical (unpaired) electrons. The number of anilines is 1. The highest BCUT2D eigenvalue weighted by Gasteiger charge is 2.13. The molecule has 0 spiro atoms. The van der Waals surface area contributed by atoms with Gasteiger partial charge in [0.1, 0.15) is 11.5 Å². The van der Waals surface area contributed by atoms with Crippen LogP contribution in [-0.4, -0.2) is 19.1 Å². The smallest absolute Gasteiger partial charge is 0.255 e. The molecule has 1 amide bonds. The minimum absolute atomic E-state index is 0.131. The van der Waals surface area contributed by atoms with E-state index < -0.39 is 0 Å². The fourth-order valence-electron chi connectivity index (χ4n) is 3.58. The molecule has 0 heterocycles. The summed E-state index contributed by atoms with van der Waals surface area (Å²) < 4.78 is 11.4. The molecule has 3 rings (SSSR count). The molecule has 150 valence electrons. The number of benzene rings is 2. The van der Waals surface area contributed by atoms with E-state index in [1.165, 1.54) is 32.1 Å². The third kappa shape index (κ3) is 6.29. The molecule has 2 aromatic carbocycles. The third-order valence-corrected chi connectivity index (χ3v) is 5.22. The summed E-state index contributed by atoms with van der Waals surface area (Å²) in [7, 11) is 0. The van der Waals surface area contributed by atoms with Crippen molar-refractivity contribution in [2.75, 3.05) is 18.5 Å². The van der Waals surface area contributed by atoms with Crippen LogP contribution in [0.1, 0.15) is 62.2 Å². The zero-order valence-electron chi connectivity index (χ0n) is 16.8. The first kappa shape index (κ1) is 20.2. The monoisotopic (exact) mass is 381 g/mol. The van der Waals surface area contributed by atoms with Crippen LogP contribution in [0.5, 0.6) is 11.5 Å². The Bertz CT molecular complexity index is 719. The molecule has 0 atom stereocenters. The second kappa shape index (κ2) is 10.7. The van der Waals surface area contributed by atoms with E-state index in [2.05, 4.69) is 12.2 Å². The highest BCUT2D eigenvalue weighted by atomic mass is 16.5. The molecule has 0 unspecified atom stereocenters. The van der Waals surface area contributed by atoms with Gasteiger partial charge >= 0.3 is 0 Å². The summed E-state index contributed by atoms with van der Waals surface area (Å²) in [6, 6.07) is 14.8. The van der Waals surface area contributed by atoms with Gasteiger partial charge in [0.05, 0.1) is 13.2 Å². The molecule has 28 heavy (non-hydrogen) atoms. The number of ether oxygens (including phenoxy) is 2. The Balaban J connectivity index is 1.44. The SMILES string of the molecule is CCCOc1ccc(C(=O)Nc2ccc(OCCC3CCCCC3)cc2)cc1. The van der Waals surface area contributed by atoms with Crippen LogP contribution >= 0.6 is 0 Å². The zero-order valence-corrected chi connectivity index (χ0v) is 16.8. The average Bonchev–Trinajstić information content (AvgIpc) is 2.74. The van der Waals surface area contributed by atoms with Crippen LogP contribution in [0.4, 0.5) is 5.69 Å². The second-order valence-electron chi connectivity index (χ2n) is 7.49. The zero-order chi connectivity index (χ0) is 19.6. The average molecular weight is 382 g/mol. The van der Waals surface area contributed by atoms with Crippen LogP contribution in [0, 0.1) is 5.92 Å². The lowest BCUT2D eigenvalue weighted by molar-refractivity contribution is 0.102. The van der Waals surface area contributed by atoms with Gasteiger partial charge in [0.2, 0.25) is 0 Å². The van der Waals surface area contributed by atoms with Gasteiger partial charge < -0.3 is 14.8 Å². The Kier molecular flexibility index (Phi) is 7.77. The van der Waals surface area contributed by atoms with Crippen LogP contribution < -0.4 is 14.8 Å². The highest BCUT2D eigenvalue weighted by molar-refractivity contribution is 6.04. The van der Waals surface area contributed by atoms with Gasteiger partial charge in [-0.2, -0.15) is 0 Å².